The van der Waals surface area contributed by atoms with E-state index in [1.165, 1.54) is 12.4 Å². The molecule has 0 bridgehead atoms. The van der Waals surface area contributed by atoms with Crippen molar-refractivity contribution in [2.24, 2.45) is 5.73 Å². The Kier molecular flexibility index (Phi) is 5.45. The minimum atomic E-state index is -1.10. The molecular weight excluding hydrogens is 319 g/mol. The molecule has 2 heterocycles. The number of aliphatic hydroxyl groups is 1. The van der Waals surface area contributed by atoms with E-state index in [0.717, 1.165) is 0 Å². The van der Waals surface area contributed by atoms with Gasteiger partial charge in [0.05, 0.1) is 23.1 Å². The highest BCUT2D eigenvalue weighted by Gasteiger charge is 2.28. The van der Waals surface area contributed by atoms with Gasteiger partial charge in [0, 0.05) is 25.5 Å². The lowest BCUT2D eigenvalue weighted by atomic mass is 9.94. The Labute approximate surface area is 138 Å². The van der Waals surface area contributed by atoms with Gasteiger partial charge in [0.25, 0.3) is 0 Å². The molecule has 0 aliphatic carbocycles. The quantitative estimate of drug-likeness (QED) is 0.606. The lowest BCUT2D eigenvalue weighted by molar-refractivity contribution is 0.0349. The fraction of sp³-hybridized carbons (Fsp3) is 0.467. The summed E-state index contributed by atoms with van der Waals surface area (Å²) in [5.41, 5.74) is 3.81. The number of hydrogen-bond donors (Lipinski definition) is 2. The second kappa shape index (κ2) is 7.35. The maximum atomic E-state index is 12.8. The summed E-state index contributed by atoms with van der Waals surface area (Å²) in [7, 11) is 0. The molecule has 24 heavy (non-hydrogen) atoms. The summed E-state index contributed by atoms with van der Waals surface area (Å²) in [5.74, 6) is -0.256. The fourth-order valence-corrected chi connectivity index (χ4v) is 2.27. The molecule has 1 aliphatic rings. The molecule has 0 radical (unpaired) electrons. The second-order valence-corrected chi connectivity index (χ2v) is 5.83. The number of ketones is 1. The average molecular weight is 338 g/mol. The average Bonchev–Trinajstić information content (AvgIpc) is 2.55. The first-order valence-electron chi connectivity index (χ1n) is 7.38. The molecule has 1 fully saturated rings. The lowest BCUT2D eigenvalue weighted by Gasteiger charge is -2.35. The predicted octanol–water partition coefficient (Wildman–Crippen LogP) is 0.959. The number of nitrogens with two attached hydrogens (primary N) is 1. The van der Waals surface area contributed by atoms with Gasteiger partial charge < -0.3 is 20.5 Å². The summed E-state index contributed by atoms with van der Waals surface area (Å²) in [6.45, 7) is 2.42. The molecule has 0 saturated carbocycles. The van der Waals surface area contributed by atoms with Crippen molar-refractivity contribution in [1.82, 2.24) is 9.97 Å². The zero-order chi connectivity index (χ0) is 17.7. The van der Waals surface area contributed by atoms with Crippen LogP contribution in [0, 0.1) is 0 Å². The normalized spacial score (nSPS) is 17.5. The van der Waals surface area contributed by atoms with Crippen LogP contribution in [0.15, 0.2) is 24.3 Å². The van der Waals surface area contributed by atoms with E-state index in [9.17, 15) is 19.1 Å². The van der Waals surface area contributed by atoms with Crippen molar-refractivity contribution >= 4 is 17.8 Å². The number of halogens is 1. The zero-order valence-electron chi connectivity index (χ0n) is 13.2. The number of amides is 1. The number of Topliss-reactive ketones (excluding diaryl/α,β-unsaturated/α-hetero) is 1. The van der Waals surface area contributed by atoms with E-state index in [1.54, 1.807) is 6.92 Å². The Morgan fingerprint density at radius 1 is 1.42 bits per heavy atom. The smallest absolute Gasteiger partial charge is 0.404 e. The number of hydrogen-bond acceptors (Lipinski definition) is 7. The number of carbonyl (C=O) groups excluding carboxylic acids is 2. The van der Waals surface area contributed by atoms with Crippen LogP contribution >= 0.6 is 0 Å². The minimum absolute atomic E-state index is 0.0614. The topological polar surface area (TPSA) is 119 Å². The Bertz CT molecular complexity index is 635. The van der Waals surface area contributed by atoms with Crippen LogP contribution in [0.2, 0.25) is 0 Å². The van der Waals surface area contributed by atoms with E-state index in [1.807, 2.05) is 4.90 Å². The molecule has 1 aromatic rings. The molecule has 1 aromatic heterocycles. The fourth-order valence-electron chi connectivity index (χ4n) is 2.27. The summed E-state index contributed by atoms with van der Waals surface area (Å²) in [6.07, 6.45) is 2.71. The van der Waals surface area contributed by atoms with Crippen molar-refractivity contribution < 1.29 is 23.8 Å². The van der Waals surface area contributed by atoms with Crippen LogP contribution in [0.4, 0.5) is 15.1 Å². The summed E-state index contributed by atoms with van der Waals surface area (Å²) < 4.78 is 17.2. The number of primary amides is 1. The SMILES string of the molecule is CC1(O)CCN(c2ncc(C(=O)C(=CF)COC(N)=O)cn2)CC1. The summed E-state index contributed by atoms with van der Waals surface area (Å²) in [6, 6.07) is 0. The van der Waals surface area contributed by atoms with Gasteiger partial charge >= 0.3 is 6.09 Å². The van der Waals surface area contributed by atoms with Crippen LogP contribution in [-0.2, 0) is 4.74 Å². The molecule has 0 aromatic carbocycles. The number of carbonyl (C=O) groups is 2. The van der Waals surface area contributed by atoms with E-state index < -0.39 is 24.1 Å². The first-order chi connectivity index (χ1) is 11.3. The first kappa shape index (κ1) is 17.8. The molecule has 8 nitrogen and oxygen atoms in total. The van der Waals surface area contributed by atoms with Gasteiger partial charge in [0.1, 0.15) is 6.61 Å². The standard InChI is InChI=1S/C15H19FN4O4/c1-15(23)2-4-20(5-3-15)14-18-7-11(8-19-14)12(21)10(6-16)9-24-13(17)22/h6-8,23H,2-5,9H2,1H3,(H2,17,22). The maximum Gasteiger partial charge on any atom is 0.404 e. The zero-order valence-corrected chi connectivity index (χ0v) is 13.2. The number of ether oxygens (including phenoxy) is 1. The molecule has 9 heteroatoms. The minimum Gasteiger partial charge on any atom is -0.445 e. The summed E-state index contributed by atoms with van der Waals surface area (Å²) in [5, 5.41) is 9.94. The largest absolute Gasteiger partial charge is 0.445 e. The van der Waals surface area contributed by atoms with Crippen molar-refractivity contribution in [3.05, 3.63) is 29.9 Å². The van der Waals surface area contributed by atoms with Crippen molar-refractivity contribution in [2.75, 3.05) is 24.6 Å². The van der Waals surface area contributed by atoms with Crippen LogP contribution in [0.5, 0.6) is 0 Å². The highest BCUT2D eigenvalue weighted by molar-refractivity contribution is 6.08. The number of rotatable bonds is 5. The number of anilines is 1. The van der Waals surface area contributed by atoms with Gasteiger partial charge in [-0.05, 0) is 19.8 Å². The molecule has 2 rings (SSSR count). The van der Waals surface area contributed by atoms with E-state index in [2.05, 4.69) is 14.7 Å². The second-order valence-electron chi connectivity index (χ2n) is 5.83. The Morgan fingerprint density at radius 2 is 2.00 bits per heavy atom. The highest BCUT2D eigenvalue weighted by Crippen LogP contribution is 2.23. The third-order valence-corrected chi connectivity index (χ3v) is 3.82. The Balaban J connectivity index is 2.03. The molecular formula is C15H19FN4O4. The predicted molar refractivity (Wildman–Crippen MR) is 83.2 cm³/mol. The number of nitrogens with zero attached hydrogens (tertiary/aromatic N) is 3. The molecule has 1 amide bonds. The molecule has 0 atom stereocenters. The van der Waals surface area contributed by atoms with Crippen molar-refractivity contribution in [3.63, 3.8) is 0 Å². The van der Waals surface area contributed by atoms with Gasteiger partial charge in [-0.25, -0.2) is 19.2 Å². The van der Waals surface area contributed by atoms with E-state index in [0.29, 0.717) is 31.9 Å². The Morgan fingerprint density at radius 3 is 2.50 bits per heavy atom. The molecule has 130 valence electrons. The maximum absolute atomic E-state index is 12.8. The van der Waals surface area contributed by atoms with Gasteiger partial charge in [-0.15, -0.1) is 0 Å². The summed E-state index contributed by atoms with van der Waals surface area (Å²) >= 11 is 0. The third kappa shape index (κ3) is 4.48. The van der Waals surface area contributed by atoms with Gasteiger partial charge in [0.2, 0.25) is 5.95 Å². The van der Waals surface area contributed by atoms with Gasteiger partial charge in [-0.2, -0.15) is 0 Å². The monoisotopic (exact) mass is 338 g/mol. The highest BCUT2D eigenvalue weighted by atomic mass is 19.1. The van der Waals surface area contributed by atoms with Crippen molar-refractivity contribution in [3.8, 4) is 0 Å². The van der Waals surface area contributed by atoms with Crippen LogP contribution < -0.4 is 10.6 Å². The third-order valence-electron chi connectivity index (χ3n) is 3.82. The van der Waals surface area contributed by atoms with E-state index in [-0.39, 0.29) is 17.5 Å². The summed E-state index contributed by atoms with van der Waals surface area (Å²) in [4.78, 5) is 32.8. The molecule has 0 spiro atoms. The van der Waals surface area contributed by atoms with Crippen molar-refractivity contribution in [2.45, 2.75) is 25.4 Å². The van der Waals surface area contributed by atoms with Crippen LogP contribution in [0.1, 0.15) is 30.1 Å². The van der Waals surface area contributed by atoms with Gasteiger partial charge in [-0.1, -0.05) is 0 Å². The van der Waals surface area contributed by atoms with E-state index >= 15 is 0 Å². The van der Waals surface area contributed by atoms with E-state index in [4.69, 9.17) is 5.73 Å². The van der Waals surface area contributed by atoms with Gasteiger partial charge in [0.15, 0.2) is 5.78 Å². The number of aromatic nitrogens is 2. The Hall–Kier alpha value is -2.55. The van der Waals surface area contributed by atoms with Gasteiger partial charge in [-0.3, -0.25) is 4.79 Å². The van der Waals surface area contributed by atoms with Crippen LogP contribution in [0.25, 0.3) is 0 Å². The van der Waals surface area contributed by atoms with Crippen molar-refractivity contribution in [1.29, 1.82) is 0 Å². The molecule has 1 aliphatic heterocycles. The number of piperidine rings is 1. The molecule has 1 saturated heterocycles. The molecule has 0 unspecified atom stereocenters. The lowest BCUT2D eigenvalue weighted by Crippen LogP contribution is -2.43. The molecule has 3 N–H and O–H groups in total. The first-order valence-corrected chi connectivity index (χ1v) is 7.38. The van der Waals surface area contributed by atoms with Crippen LogP contribution in [-0.4, -0.2) is 52.2 Å². The van der Waals surface area contributed by atoms with Crippen LogP contribution in [0.3, 0.4) is 0 Å².